The number of aliphatic hydroxyl groups is 1. The summed E-state index contributed by atoms with van der Waals surface area (Å²) in [5.41, 5.74) is 1.06. The van der Waals surface area contributed by atoms with Crippen molar-refractivity contribution in [2.75, 3.05) is 0 Å². The summed E-state index contributed by atoms with van der Waals surface area (Å²) in [5, 5.41) is 22.8. The molecular weight excluding hydrogens is 596 g/mol. The quantitative estimate of drug-likeness (QED) is 0.165. The Morgan fingerprint density at radius 1 is 0.766 bits per heavy atom. The Labute approximate surface area is 280 Å². The molecule has 10 nitrogen and oxygen atoms in total. The summed E-state index contributed by atoms with van der Waals surface area (Å²) in [6.45, 7) is 15.1. The zero-order valence-corrected chi connectivity index (χ0v) is 29.3. The van der Waals surface area contributed by atoms with E-state index in [-0.39, 0.29) is 30.6 Å². The van der Waals surface area contributed by atoms with Crippen molar-refractivity contribution in [3.8, 4) is 0 Å². The minimum absolute atomic E-state index is 0.132. The number of nitrogens with one attached hydrogen (secondary N) is 4. The molecule has 260 valence electrons. The Kier molecular flexibility index (Phi) is 15.9. The molecule has 2 aromatic rings. The highest BCUT2D eigenvalue weighted by molar-refractivity contribution is 5.91. The van der Waals surface area contributed by atoms with Gasteiger partial charge in [-0.05, 0) is 56.6 Å². The highest BCUT2D eigenvalue weighted by Crippen LogP contribution is 2.17. The molecule has 10 heteroatoms. The standard InChI is InChI=1S/C37H56N4O6/c1-9-25(4)32(41-36(46)47-37(6,7)8)35(45)40-30(22-27-16-12-10-13-17-27)34(44)39-29(20-24(2)3)31(42)21-26(5)33(43)38-23-28-18-14-11-15-19-28/h10-19,24-26,29-32,42H,9,20-23H2,1-8H3,(H,38,43)(H,39,44)(H,40,45)(H,41,46)/t25-,26+,29-,30-,31-,32-/m0/s1. The average molecular weight is 653 g/mol. The number of rotatable bonds is 17. The van der Waals surface area contributed by atoms with Crippen LogP contribution >= 0.6 is 0 Å². The third-order valence-electron chi connectivity index (χ3n) is 7.95. The van der Waals surface area contributed by atoms with Crippen LogP contribution < -0.4 is 21.3 Å². The fraction of sp³-hybridized carbons (Fsp3) is 0.568. The molecule has 4 amide bonds. The third-order valence-corrected chi connectivity index (χ3v) is 7.95. The average Bonchev–Trinajstić information content (AvgIpc) is 3.01. The van der Waals surface area contributed by atoms with Crippen LogP contribution in [-0.2, 0) is 32.1 Å². The number of carbonyl (C=O) groups excluding carboxylic acids is 4. The van der Waals surface area contributed by atoms with Gasteiger partial charge >= 0.3 is 6.09 Å². The van der Waals surface area contributed by atoms with Gasteiger partial charge in [0, 0.05) is 18.9 Å². The molecule has 0 saturated heterocycles. The van der Waals surface area contributed by atoms with Gasteiger partial charge in [0.05, 0.1) is 12.1 Å². The van der Waals surface area contributed by atoms with E-state index in [0.717, 1.165) is 11.1 Å². The van der Waals surface area contributed by atoms with Crippen molar-refractivity contribution in [1.29, 1.82) is 0 Å². The van der Waals surface area contributed by atoms with E-state index in [1.165, 1.54) is 0 Å². The van der Waals surface area contributed by atoms with E-state index in [4.69, 9.17) is 4.74 Å². The maximum atomic E-state index is 13.9. The minimum atomic E-state index is -1.01. The molecule has 2 aromatic carbocycles. The molecule has 0 aromatic heterocycles. The molecule has 0 radical (unpaired) electrons. The molecule has 0 heterocycles. The Morgan fingerprint density at radius 2 is 1.34 bits per heavy atom. The van der Waals surface area contributed by atoms with Gasteiger partial charge in [0.2, 0.25) is 17.7 Å². The van der Waals surface area contributed by atoms with Gasteiger partial charge in [0.15, 0.2) is 0 Å². The second-order valence-electron chi connectivity index (χ2n) is 13.9. The lowest BCUT2D eigenvalue weighted by Crippen LogP contribution is -2.58. The topological polar surface area (TPSA) is 146 Å². The van der Waals surface area contributed by atoms with Crippen molar-refractivity contribution in [3.63, 3.8) is 0 Å². The molecule has 6 atom stereocenters. The molecule has 2 rings (SSSR count). The summed E-state index contributed by atoms with van der Waals surface area (Å²) in [6, 6.07) is 16.3. The number of benzene rings is 2. The predicted octanol–water partition coefficient (Wildman–Crippen LogP) is 4.89. The summed E-state index contributed by atoms with van der Waals surface area (Å²) in [4.78, 5) is 53.1. The molecule has 0 aliphatic carbocycles. The summed E-state index contributed by atoms with van der Waals surface area (Å²) in [5.74, 6) is -1.78. The number of aliphatic hydroxyl groups excluding tert-OH is 1. The number of hydrogen-bond acceptors (Lipinski definition) is 6. The Hall–Kier alpha value is -3.92. The van der Waals surface area contributed by atoms with Gasteiger partial charge in [0.25, 0.3) is 0 Å². The van der Waals surface area contributed by atoms with Crippen molar-refractivity contribution < 1.29 is 29.0 Å². The summed E-state index contributed by atoms with van der Waals surface area (Å²) >= 11 is 0. The maximum absolute atomic E-state index is 13.9. The monoisotopic (exact) mass is 652 g/mol. The first kappa shape index (κ1) is 39.3. The van der Waals surface area contributed by atoms with E-state index in [1.54, 1.807) is 27.7 Å². The molecule has 0 spiro atoms. The maximum Gasteiger partial charge on any atom is 0.408 e. The summed E-state index contributed by atoms with van der Waals surface area (Å²) < 4.78 is 5.40. The Bertz CT molecular complexity index is 1260. The third kappa shape index (κ3) is 14.6. The van der Waals surface area contributed by atoms with E-state index < -0.39 is 53.7 Å². The molecule has 47 heavy (non-hydrogen) atoms. The predicted molar refractivity (Wildman–Crippen MR) is 184 cm³/mol. The van der Waals surface area contributed by atoms with Gasteiger partial charge in [-0.3, -0.25) is 14.4 Å². The fourth-order valence-corrected chi connectivity index (χ4v) is 5.15. The largest absolute Gasteiger partial charge is 0.444 e. The summed E-state index contributed by atoms with van der Waals surface area (Å²) in [7, 11) is 0. The first-order valence-corrected chi connectivity index (χ1v) is 16.7. The van der Waals surface area contributed by atoms with Crippen LogP contribution in [-0.4, -0.2) is 58.8 Å². The van der Waals surface area contributed by atoms with Crippen LogP contribution in [0.2, 0.25) is 0 Å². The molecular formula is C37H56N4O6. The van der Waals surface area contributed by atoms with Gasteiger partial charge in [-0.15, -0.1) is 0 Å². The van der Waals surface area contributed by atoms with Crippen LogP contribution in [0.3, 0.4) is 0 Å². The number of amides is 4. The lowest BCUT2D eigenvalue weighted by molar-refractivity contribution is -0.131. The van der Waals surface area contributed by atoms with Crippen molar-refractivity contribution in [3.05, 3.63) is 71.8 Å². The van der Waals surface area contributed by atoms with Crippen LogP contribution in [0, 0.1) is 17.8 Å². The second kappa shape index (κ2) is 19.0. The molecule has 0 saturated carbocycles. The van der Waals surface area contributed by atoms with Crippen LogP contribution in [0.5, 0.6) is 0 Å². The number of hydrogen-bond donors (Lipinski definition) is 5. The molecule has 0 aliphatic heterocycles. The van der Waals surface area contributed by atoms with Gasteiger partial charge < -0.3 is 31.1 Å². The SMILES string of the molecule is CC[C@H](C)[C@H](NC(=O)OC(C)(C)C)C(=O)N[C@@H](Cc1ccccc1)C(=O)N[C@@H](CC(C)C)[C@@H](O)C[C@@H](C)C(=O)NCc1ccccc1. The van der Waals surface area contributed by atoms with Gasteiger partial charge in [-0.1, -0.05) is 102 Å². The molecule has 0 unspecified atom stereocenters. The first-order chi connectivity index (χ1) is 22.1. The van der Waals surface area contributed by atoms with Crippen molar-refractivity contribution >= 4 is 23.8 Å². The zero-order valence-electron chi connectivity index (χ0n) is 29.3. The molecule has 0 fully saturated rings. The van der Waals surface area contributed by atoms with Crippen molar-refractivity contribution in [1.82, 2.24) is 21.3 Å². The van der Waals surface area contributed by atoms with E-state index in [1.807, 2.05) is 88.4 Å². The van der Waals surface area contributed by atoms with Crippen molar-refractivity contribution in [2.45, 2.75) is 117 Å². The fourth-order valence-electron chi connectivity index (χ4n) is 5.15. The van der Waals surface area contributed by atoms with Crippen LogP contribution in [0.15, 0.2) is 60.7 Å². The number of ether oxygens (including phenoxy) is 1. The van der Waals surface area contributed by atoms with Gasteiger partial charge in [0.1, 0.15) is 17.7 Å². The van der Waals surface area contributed by atoms with Crippen LogP contribution in [0.1, 0.15) is 85.8 Å². The minimum Gasteiger partial charge on any atom is -0.444 e. The molecule has 0 bridgehead atoms. The Balaban J connectivity index is 2.21. The van der Waals surface area contributed by atoms with E-state index >= 15 is 0 Å². The van der Waals surface area contributed by atoms with E-state index in [0.29, 0.717) is 19.4 Å². The van der Waals surface area contributed by atoms with Crippen LogP contribution in [0.25, 0.3) is 0 Å². The smallest absolute Gasteiger partial charge is 0.408 e. The van der Waals surface area contributed by atoms with E-state index in [2.05, 4.69) is 21.3 Å². The highest BCUT2D eigenvalue weighted by atomic mass is 16.6. The highest BCUT2D eigenvalue weighted by Gasteiger charge is 2.33. The molecule has 5 N–H and O–H groups in total. The number of carbonyl (C=O) groups is 4. The van der Waals surface area contributed by atoms with Gasteiger partial charge in [-0.25, -0.2) is 4.79 Å². The molecule has 0 aliphatic rings. The van der Waals surface area contributed by atoms with E-state index in [9.17, 15) is 24.3 Å². The van der Waals surface area contributed by atoms with Crippen LogP contribution in [0.4, 0.5) is 4.79 Å². The first-order valence-electron chi connectivity index (χ1n) is 16.7. The summed E-state index contributed by atoms with van der Waals surface area (Å²) in [6.07, 6.45) is -0.321. The lowest BCUT2D eigenvalue weighted by Gasteiger charge is -2.31. The van der Waals surface area contributed by atoms with Gasteiger partial charge in [-0.2, -0.15) is 0 Å². The lowest BCUT2D eigenvalue weighted by atomic mass is 9.92. The Morgan fingerprint density at radius 3 is 1.87 bits per heavy atom. The number of alkyl carbamates (subject to hydrolysis) is 1. The zero-order chi connectivity index (χ0) is 35.1. The normalized spacial score (nSPS) is 15.4. The van der Waals surface area contributed by atoms with Crippen molar-refractivity contribution in [2.24, 2.45) is 17.8 Å². The second-order valence-corrected chi connectivity index (χ2v) is 13.9.